The molecule has 3 aromatic rings. The number of rotatable bonds is 9. The normalized spacial score (nSPS) is 13.0. The lowest BCUT2D eigenvalue weighted by molar-refractivity contribution is -0.138. The van der Waals surface area contributed by atoms with Crippen LogP contribution in [0.15, 0.2) is 65.1 Å². The molecule has 0 radical (unpaired) electrons. The van der Waals surface area contributed by atoms with Gasteiger partial charge in [0.05, 0.1) is 13.0 Å². The Morgan fingerprint density at radius 2 is 1.66 bits per heavy atom. The summed E-state index contributed by atoms with van der Waals surface area (Å²) in [5.74, 6) is -0.921. The maximum Gasteiger partial charge on any atom is 0.407 e. The van der Waals surface area contributed by atoms with Crippen LogP contribution in [0.3, 0.4) is 0 Å². The molecule has 4 rings (SSSR count). The number of amides is 2. The van der Waals surface area contributed by atoms with Crippen molar-refractivity contribution in [2.24, 2.45) is 0 Å². The van der Waals surface area contributed by atoms with E-state index in [-0.39, 0.29) is 31.3 Å². The van der Waals surface area contributed by atoms with Crippen molar-refractivity contribution in [2.45, 2.75) is 38.8 Å². The zero-order valence-electron chi connectivity index (χ0n) is 19.7. The quantitative estimate of drug-likeness (QED) is 0.466. The maximum atomic E-state index is 12.7. The van der Waals surface area contributed by atoms with Crippen molar-refractivity contribution in [3.05, 3.63) is 83.3 Å². The second kappa shape index (κ2) is 10.5. The number of benzene rings is 2. The van der Waals surface area contributed by atoms with Crippen LogP contribution >= 0.6 is 0 Å². The highest BCUT2D eigenvalue weighted by atomic mass is 16.5. The Bertz CT molecular complexity index is 1190. The maximum absolute atomic E-state index is 12.7. The summed E-state index contributed by atoms with van der Waals surface area (Å²) in [6, 6.07) is 18.9. The first-order valence-electron chi connectivity index (χ1n) is 11.6. The lowest BCUT2D eigenvalue weighted by Crippen LogP contribution is -2.39. The second-order valence-corrected chi connectivity index (χ2v) is 8.48. The van der Waals surface area contributed by atoms with Gasteiger partial charge in [-0.2, -0.15) is 0 Å². The van der Waals surface area contributed by atoms with E-state index < -0.39 is 24.0 Å². The van der Waals surface area contributed by atoms with Crippen LogP contribution in [-0.4, -0.2) is 47.2 Å². The summed E-state index contributed by atoms with van der Waals surface area (Å²) in [5.41, 5.74) is 4.58. The highest BCUT2D eigenvalue weighted by Crippen LogP contribution is 2.44. The van der Waals surface area contributed by atoms with Crippen molar-refractivity contribution in [1.82, 2.24) is 10.2 Å². The van der Waals surface area contributed by atoms with Gasteiger partial charge in [-0.05, 0) is 48.2 Å². The van der Waals surface area contributed by atoms with Gasteiger partial charge >= 0.3 is 12.1 Å². The lowest BCUT2D eigenvalue weighted by Gasteiger charge is -2.26. The third-order valence-electron chi connectivity index (χ3n) is 6.23. The van der Waals surface area contributed by atoms with Crippen molar-refractivity contribution < 1.29 is 28.6 Å². The summed E-state index contributed by atoms with van der Waals surface area (Å²) in [7, 11) is 0. The molecule has 0 aliphatic heterocycles. The van der Waals surface area contributed by atoms with E-state index in [0.717, 1.165) is 22.3 Å². The fourth-order valence-electron chi connectivity index (χ4n) is 4.56. The molecule has 2 aromatic carbocycles. The Balaban J connectivity index is 1.32. The number of aliphatic carboxylic acids is 1. The van der Waals surface area contributed by atoms with Crippen LogP contribution in [-0.2, 0) is 16.1 Å². The molecule has 0 fully saturated rings. The fourth-order valence-corrected chi connectivity index (χ4v) is 4.56. The first-order chi connectivity index (χ1) is 16.9. The number of ether oxygens (including phenoxy) is 1. The number of carboxylic acid groups (broad SMARTS) is 1. The smallest absolute Gasteiger partial charge is 0.407 e. The Labute approximate surface area is 203 Å². The van der Waals surface area contributed by atoms with Gasteiger partial charge in [-0.25, -0.2) is 4.79 Å². The first-order valence-corrected chi connectivity index (χ1v) is 11.6. The largest absolute Gasteiger partial charge is 0.481 e. The van der Waals surface area contributed by atoms with Gasteiger partial charge in [0.2, 0.25) is 0 Å². The van der Waals surface area contributed by atoms with Gasteiger partial charge in [-0.3, -0.25) is 9.59 Å². The molecule has 1 aliphatic carbocycles. The van der Waals surface area contributed by atoms with Crippen molar-refractivity contribution in [3.63, 3.8) is 0 Å². The molecular formula is C27H28N2O6. The number of nitrogens with zero attached hydrogens (tertiary/aromatic N) is 1. The number of carbonyl (C=O) groups excluding carboxylic acids is 2. The zero-order chi connectivity index (χ0) is 24.9. The van der Waals surface area contributed by atoms with Crippen LogP contribution < -0.4 is 5.32 Å². The fraction of sp³-hybridized carbons (Fsp3) is 0.296. The van der Waals surface area contributed by atoms with Gasteiger partial charge in [-0.15, -0.1) is 0 Å². The molecule has 8 heteroatoms. The van der Waals surface area contributed by atoms with E-state index in [2.05, 4.69) is 29.6 Å². The van der Waals surface area contributed by atoms with Gasteiger partial charge < -0.3 is 24.5 Å². The molecule has 1 atom stereocenters. The lowest BCUT2D eigenvalue weighted by atomic mass is 9.98. The van der Waals surface area contributed by atoms with Crippen molar-refractivity contribution in [1.29, 1.82) is 0 Å². The average molecular weight is 477 g/mol. The van der Waals surface area contributed by atoms with Crippen molar-refractivity contribution >= 4 is 18.0 Å². The predicted molar refractivity (Wildman–Crippen MR) is 129 cm³/mol. The molecule has 182 valence electrons. The molecular weight excluding hydrogens is 448 g/mol. The molecule has 1 heterocycles. The van der Waals surface area contributed by atoms with E-state index in [0.29, 0.717) is 12.3 Å². The third-order valence-corrected chi connectivity index (χ3v) is 6.23. The van der Waals surface area contributed by atoms with Gasteiger partial charge in [-0.1, -0.05) is 48.5 Å². The second-order valence-electron chi connectivity index (χ2n) is 8.48. The number of fused-ring (bicyclic) bond motifs is 3. The number of carboxylic acids is 1. The SMILES string of the molecule is CCN(C(=O)c1ccc(CNC(=O)OCC2c3ccccc3-c3ccccc32)o1)C(C)CC(=O)O. The summed E-state index contributed by atoms with van der Waals surface area (Å²) >= 11 is 0. The van der Waals surface area contributed by atoms with E-state index in [1.165, 1.54) is 11.0 Å². The number of hydrogen-bond acceptors (Lipinski definition) is 5. The van der Waals surface area contributed by atoms with E-state index in [1.807, 2.05) is 24.3 Å². The minimum Gasteiger partial charge on any atom is -0.481 e. The molecule has 2 N–H and O–H groups in total. The van der Waals surface area contributed by atoms with Gasteiger partial charge in [0, 0.05) is 18.5 Å². The number of nitrogens with one attached hydrogen (secondary N) is 1. The van der Waals surface area contributed by atoms with Gasteiger partial charge in [0.15, 0.2) is 5.76 Å². The molecule has 1 aliphatic rings. The summed E-state index contributed by atoms with van der Waals surface area (Å²) < 4.78 is 11.1. The van der Waals surface area contributed by atoms with Crippen molar-refractivity contribution in [3.8, 4) is 11.1 Å². The third kappa shape index (κ3) is 5.21. The molecule has 0 bridgehead atoms. The number of carbonyl (C=O) groups is 3. The Morgan fingerprint density at radius 1 is 1.03 bits per heavy atom. The highest BCUT2D eigenvalue weighted by molar-refractivity contribution is 5.92. The van der Waals surface area contributed by atoms with Crippen LogP contribution in [0.2, 0.25) is 0 Å². The van der Waals surface area contributed by atoms with E-state index in [9.17, 15) is 14.4 Å². The summed E-state index contributed by atoms with van der Waals surface area (Å²) in [5, 5.41) is 11.7. The first kappa shape index (κ1) is 24.1. The summed E-state index contributed by atoms with van der Waals surface area (Å²) in [4.78, 5) is 37.5. The summed E-state index contributed by atoms with van der Waals surface area (Å²) in [6.45, 7) is 4.06. The zero-order valence-corrected chi connectivity index (χ0v) is 19.7. The molecule has 0 saturated heterocycles. The van der Waals surface area contributed by atoms with Crippen LogP contribution in [0.5, 0.6) is 0 Å². The summed E-state index contributed by atoms with van der Waals surface area (Å²) in [6.07, 6.45) is -0.738. The highest BCUT2D eigenvalue weighted by Gasteiger charge is 2.29. The molecule has 1 unspecified atom stereocenters. The van der Waals surface area contributed by atoms with E-state index >= 15 is 0 Å². The molecule has 8 nitrogen and oxygen atoms in total. The van der Waals surface area contributed by atoms with E-state index in [4.69, 9.17) is 14.3 Å². The molecule has 1 aromatic heterocycles. The minimum absolute atomic E-state index is 0.0335. The van der Waals surface area contributed by atoms with Crippen molar-refractivity contribution in [2.75, 3.05) is 13.2 Å². The van der Waals surface area contributed by atoms with Crippen LogP contribution in [0.1, 0.15) is 53.6 Å². The number of hydrogen-bond donors (Lipinski definition) is 2. The molecule has 35 heavy (non-hydrogen) atoms. The average Bonchev–Trinajstić information content (AvgIpc) is 3.44. The van der Waals surface area contributed by atoms with Gasteiger partial charge in [0.25, 0.3) is 5.91 Å². The topological polar surface area (TPSA) is 109 Å². The van der Waals surface area contributed by atoms with E-state index in [1.54, 1.807) is 19.9 Å². The van der Waals surface area contributed by atoms with Crippen LogP contribution in [0.25, 0.3) is 11.1 Å². The standard InChI is InChI=1S/C27H28N2O6/c1-3-29(17(2)14-25(30)31)26(32)24-13-12-18(35-24)15-28-27(33)34-16-23-21-10-6-4-8-19(21)20-9-5-7-11-22(20)23/h4-13,17,23H,3,14-16H2,1-2H3,(H,28,33)(H,30,31). The Kier molecular flexibility index (Phi) is 7.19. The van der Waals surface area contributed by atoms with Crippen LogP contribution in [0.4, 0.5) is 4.79 Å². The monoisotopic (exact) mass is 476 g/mol. The predicted octanol–water partition coefficient (Wildman–Crippen LogP) is 4.64. The minimum atomic E-state index is -0.976. The molecule has 0 saturated carbocycles. The number of furan rings is 1. The van der Waals surface area contributed by atoms with Crippen LogP contribution in [0, 0.1) is 0 Å². The Morgan fingerprint density at radius 3 is 2.26 bits per heavy atom. The van der Waals surface area contributed by atoms with Gasteiger partial charge in [0.1, 0.15) is 12.4 Å². The molecule has 2 amide bonds. The molecule has 0 spiro atoms. The Hall–Kier alpha value is -4.07. The number of alkyl carbamates (subject to hydrolysis) is 1.